The van der Waals surface area contributed by atoms with E-state index in [4.69, 9.17) is 14.2 Å². The van der Waals surface area contributed by atoms with Gasteiger partial charge in [-0.25, -0.2) is 4.99 Å². The predicted molar refractivity (Wildman–Crippen MR) is 113 cm³/mol. The van der Waals surface area contributed by atoms with Gasteiger partial charge in [0, 0.05) is 27.2 Å². The number of halogens is 1. The number of carbonyl (C=O) groups is 1. The molecule has 9 heteroatoms. The van der Waals surface area contributed by atoms with Gasteiger partial charge < -0.3 is 29.7 Å². The van der Waals surface area contributed by atoms with E-state index in [9.17, 15) is 4.79 Å². The highest BCUT2D eigenvalue weighted by atomic mass is 127. The van der Waals surface area contributed by atoms with Crippen molar-refractivity contribution in [2.75, 3.05) is 40.6 Å². The van der Waals surface area contributed by atoms with Gasteiger partial charge in [-0.15, -0.1) is 24.0 Å². The number of rotatable bonds is 6. The topological polar surface area (TPSA) is 84.4 Å². The smallest absolute Gasteiger partial charge is 0.241 e. The molecule has 1 aromatic carbocycles. The zero-order chi connectivity index (χ0) is 18.4. The summed E-state index contributed by atoms with van der Waals surface area (Å²) in [6.45, 7) is 2.38. The Hall–Kier alpha value is -1.75. The maximum absolute atomic E-state index is 11.8. The van der Waals surface area contributed by atoms with E-state index in [1.807, 2.05) is 18.2 Å². The minimum atomic E-state index is -0.0142. The number of fused-ring (bicyclic) bond motifs is 1. The Morgan fingerprint density at radius 2 is 2.07 bits per heavy atom. The zero-order valence-corrected chi connectivity index (χ0v) is 18.0. The summed E-state index contributed by atoms with van der Waals surface area (Å²) in [5.74, 6) is 2.07. The van der Waals surface area contributed by atoms with Crippen LogP contribution in [0.5, 0.6) is 11.5 Å². The minimum absolute atomic E-state index is 0. The average molecular weight is 490 g/mol. The Morgan fingerprint density at radius 1 is 1.26 bits per heavy atom. The van der Waals surface area contributed by atoms with Crippen molar-refractivity contribution < 1.29 is 19.0 Å². The van der Waals surface area contributed by atoms with Crippen LogP contribution in [0.4, 0.5) is 0 Å². The Morgan fingerprint density at radius 3 is 2.81 bits per heavy atom. The van der Waals surface area contributed by atoms with Crippen molar-refractivity contribution >= 4 is 35.8 Å². The van der Waals surface area contributed by atoms with Crippen LogP contribution >= 0.6 is 24.0 Å². The lowest BCUT2D eigenvalue weighted by atomic mass is 10.2. The molecular formula is C18H27IN4O4. The SMILES string of the molecule is CN(C)C(=O)CNC(=NCc1ccc2c(c1)OCO2)NCC1CCCO1.I. The normalized spacial score (nSPS) is 18.0. The molecule has 0 aliphatic carbocycles. The third kappa shape index (κ3) is 6.42. The summed E-state index contributed by atoms with van der Waals surface area (Å²) >= 11 is 0. The fourth-order valence-corrected chi connectivity index (χ4v) is 2.72. The number of aliphatic imine (C=N–C) groups is 1. The second kappa shape index (κ2) is 10.5. The molecule has 2 aliphatic rings. The first-order valence-electron chi connectivity index (χ1n) is 8.84. The van der Waals surface area contributed by atoms with Crippen LogP contribution in [0.2, 0.25) is 0 Å². The van der Waals surface area contributed by atoms with E-state index in [2.05, 4.69) is 15.6 Å². The maximum atomic E-state index is 11.8. The van der Waals surface area contributed by atoms with Gasteiger partial charge >= 0.3 is 0 Å². The largest absolute Gasteiger partial charge is 0.454 e. The molecule has 2 N–H and O–H groups in total. The summed E-state index contributed by atoms with van der Waals surface area (Å²) in [4.78, 5) is 18.0. The fraction of sp³-hybridized carbons (Fsp3) is 0.556. The lowest BCUT2D eigenvalue weighted by molar-refractivity contribution is -0.127. The number of benzene rings is 1. The van der Waals surface area contributed by atoms with Crippen molar-refractivity contribution in [1.29, 1.82) is 0 Å². The van der Waals surface area contributed by atoms with Crippen molar-refractivity contribution in [2.45, 2.75) is 25.5 Å². The molecule has 0 radical (unpaired) electrons. The molecule has 0 bridgehead atoms. The first kappa shape index (κ1) is 21.5. The Labute approximate surface area is 176 Å². The molecule has 1 unspecified atom stereocenters. The number of carbonyl (C=O) groups excluding carboxylic acids is 1. The van der Waals surface area contributed by atoms with Crippen LogP contribution in [0.3, 0.4) is 0 Å². The van der Waals surface area contributed by atoms with E-state index in [1.54, 1.807) is 19.0 Å². The Kier molecular flexibility index (Phi) is 8.42. The van der Waals surface area contributed by atoms with Gasteiger partial charge in [-0.3, -0.25) is 4.79 Å². The number of ether oxygens (including phenoxy) is 3. The molecule has 1 amide bonds. The monoisotopic (exact) mass is 490 g/mol. The van der Waals surface area contributed by atoms with E-state index >= 15 is 0 Å². The van der Waals surface area contributed by atoms with Crippen LogP contribution in [0.1, 0.15) is 18.4 Å². The Balaban J connectivity index is 0.00000261. The van der Waals surface area contributed by atoms with Crippen molar-refractivity contribution in [3.63, 3.8) is 0 Å². The molecule has 1 fully saturated rings. The summed E-state index contributed by atoms with van der Waals surface area (Å²) in [5.41, 5.74) is 1.01. The quantitative estimate of drug-likeness (QED) is 0.356. The summed E-state index contributed by atoms with van der Waals surface area (Å²) < 4.78 is 16.4. The lowest BCUT2D eigenvalue weighted by Gasteiger charge is -2.17. The van der Waals surface area contributed by atoms with Gasteiger partial charge in [-0.1, -0.05) is 6.07 Å². The van der Waals surface area contributed by atoms with E-state index in [0.29, 0.717) is 19.0 Å². The van der Waals surface area contributed by atoms with Crippen molar-refractivity contribution in [2.24, 2.45) is 4.99 Å². The number of likely N-dealkylation sites (N-methyl/N-ethyl adjacent to an activating group) is 1. The van der Waals surface area contributed by atoms with Gasteiger partial charge in [-0.05, 0) is 30.5 Å². The predicted octanol–water partition coefficient (Wildman–Crippen LogP) is 1.34. The molecule has 3 rings (SSSR count). The molecule has 8 nitrogen and oxygen atoms in total. The van der Waals surface area contributed by atoms with Crippen LogP contribution in [0, 0.1) is 0 Å². The second-order valence-electron chi connectivity index (χ2n) is 6.51. The summed E-state index contributed by atoms with van der Waals surface area (Å²) in [5, 5.41) is 6.35. The third-order valence-electron chi connectivity index (χ3n) is 4.28. The first-order valence-corrected chi connectivity index (χ1v) is 8.84. The molecule has 0 spiro atoms. The van der Waals surface area contributed by atoms with Crippen LogP contribution in [-0.2, 0) is 16.1 Å². The molecule has 2 aliphatic heterocycles. The highest BCUT2D eigenvalue weighted by molar-refractivity contribution is 14.0. The molecule has 27 heavy (non-hydrogen) atoms. The molecule has 1 aromatic rings. The molecule has 0 saturated carbocycles. The highest BCUT2D eigenvalue weighted by Gasteiger charge is 2.16. The van der Waals surface area contributed by atoms with Gasteiger partial charge in [-0.2, -0.15) is 0 Å². The minimum Gasteiger partial charge on any atom is -0.454 e. The van der Waals surface area contributed by atoms with E-state index in [1.165, 1.54) is 0 Å². The molecule has 0 aromatic heterocycles. The maximum Gasteiger partial charge on any atom is 0.241 e. The number of nitrogens with one attached hydrogen (secondary N) is 2. The van der Waals surface area contributed by atoms with Gasteiger partial charge in [0.15, 0.2) is 17.5 Å². The summed E-state index contributed by atoms with van der Waals surface area (Å²) in [6, 6.07) is 5.77. The van der Waals surface area contributed by atoms with Gasteiger partial charge in [0.1, 0.15) is 0 Å². The van der Waals surface area contributed by atoms with Crippen LogP contribution in [0.15, 0.2) is 23.2 Å². The van der Waals surface area contributed by atoms with Crippen molar-refractivity contribution in [3.8, 4) is 11.5 Å². The van der Waals surface area contributed by atoms with Crippen LogP contribution in [0.25, 0.3) is 0 Å². The molecule has 1 saturated heterocycles. The average Bonchev–Trinajstić information content (AvgIpc) is 3.31. The fourth-order valence-electron chi connectivity index (χ4n) is 2.72. The molecule has 1 atom stereocenters. The third-order valence-corrected chi connectivity index (χ3v) is 4.28. The number of nitrogens with zero attached hydrogens (tertiary/aromatic N) is 2. The Bertz CT molecular complexity index is 663. The van der Waals surface area contributed by atoms with E-state index in [0.717, 1.165) is 36.5 Å². The lowest BCUT2D eigenvalue weighted by Crippen LogP contribution is -2.45. The number of hydrogen-bond acceptors (Lipinski definition) is 5. The first-order chi connectivity index (χ1) is 12.6. The number of guanidine groups is 1. The van der Waals surface area contributed by atoms with Gasteiger partial charge in [0.2, 0.25) is 12.7 Å². The van der Waals surface area contributed by atoms with E-state index in [-0.39, 0.29) is 49.3 Å². The number of amides is 1. The number of hydrogen-bond donors (Lipinski definition) is 2. The standard InChI is InChI=1S/C18H26N4O4.HI/c1-22(2)17(23)11-21-18(20-10-14-4-3-7-24-14)19-9-13-5-6-15-16(8-13)26-12-25-15;/h5-6,8,14H,3-4,7,9-12H2,1-2H3,(H2,19,20,21);1H. The van der Waals surface area contributed by atoms with Gasteiger partial charge in [0.05, 0.1) is 19.2 Å². The highest BCUT2D eigenvalue weighted by Crippen LogP contribution is 2.32. The van der Waals surface area contributed by atoms with Gasteiger partial charge in [0.25, 0.3) is 0 Å². The molecular weight excluding hydrogens is 463 g/mol. The van der Waals surface area contributed by atoms with Crippen LogP contribution in [-0.4, -0.2) is 63.5 Å². The zero-order valence-electron chi connectivity index (χ0n) is 15.7. The summed E-state index contributed by atoms with van der Waals surface area (Å²) in [7, 11) is 3.46. The van der Waals surface area contributed by atoms with Crippen LogP contribution < -0.4 is 20.1 Å². The van der Waals surface area contributed by atoms with Crippen molar-refractivity contribution in [3.05, 3.63) is 23.8 Å². The summed E-state index contributed by atoms with van der Waals surface area (Å²) in [6.07, 6.45) is 2.32. The molecule has 2 heterocycles. The second-order valence-corrected chi connectivity index (χ2v) is 6.51. The molecule has 150 valence electrons. The van der Waals surface area contributed by atoms with Crippen molar-refractivity contribution in [1.82, 2.24) is 15.5 Å². The van der Waals surface area contributed by atoms with E-state index < -0.39 is 0 Å².